The molecule has 1 unspecified atom stereocenters. The fourth-order valence-electron chi connectivity index (χ4n) is 2.12. The number of carboxylic acids is 1. The van der Waals surface area contributed by atoms with Crippen molar-refractivity contribution in [1.82, 2.24) is 9.55 Å². The van der Waals surface area contributed by atoms with Crippen LogP contribution in [0.1, 0.15) is 36.3 Å². The minimum Gasteiger partial charge on any atom is -0.481 e. The Labute approximate surface area is 110 Å². The molecule has 0 aromatic carbocycles. The summed E-state index contributed by atoms with van der Waals surface area (Å²) in [5.41, 5.74) is 6.00. The zero-order valence-electron chi connectivity index (χ0n) is 11.1. The van der Waals surface area contributed by atoms with Crippen LogP contribution in [0, 0.1) is 13.8 Å². The van der Waals surface area contributed by atoms with Crippen LogP contribution in [0.15, 0.2) is 4.79 Å². The first kappa shape index (κ1) is 14.9. The molecule has 7 nitrogen and oxygen atoms in total. The Bertz CT molecular complexity index is 577. The molecule has 0 aliphatic carbocycles. The molecule has 0 saturated heterocycles. The van der Waals surface area contributed by atoms with Crippen molar-refractivity contribution < 1.29 is 14.7 Å². The first-order chi connectivity index (χ1) is 8.73. The minimum atomic E-state index is -0.999. The van der Waals surface area contributed by atoms with Gasteiger partial charge in [-0.2, -0.15) is 4.98 Å². The van der Waals surface area contributed by atoms with Gasteiger partial charge in [-0.25, -0.2) is 4.79 Å². The minimum absolute atomic E-state index is 0.00199. The van der Waals surface area contributed by atoms with Gasteiger partial charge in [0.15, 0.2) is 0 Å². The van der Waals surface area contributed by atoms with Gasteiger partial charge in [-0.05, 0) is 20.8 Å². The van der Waals surface area contributed by atoms with Crippen LogP contribution in [0.25, 0.3) is 0 Å². The molecule has 1 aromatic heterocycles. The van der Waals surface area contributed by atoms with Crippen molar-refractivity contribution >= 4 is 11.9 Å². The molecular weight excluding hydrogens is 250 g/mol. The van der Waals surface area contributed by atoms with Gasteiger partial charge in [0.05, 0.1) is 6.42 Å². The summed E-state index contributed by atoms with van der Waals surface area (Å²) < 4.78 is 1.32. The Hall–Kier alpha value is -2.18. The van der Waals surface area contributed by atoms with Crippen LogP contribution < -0.4 is 11.4 Å². The molecule has 104 valence electrons. The zero-order chi connectivity index (χ0) is 14.7. The number of rotatable bonds is 5. The number of aromatic nitrogens is 2. The number of carbonyl (C=O) groups is 2. The first-order valence-electron chi connectivity index (χ1n) is 5.82. The second kappa shape index (κ2) is 5.64. The molecular formula is C12H17N3O4. The Morgan fingerprint density at radius 3 is 2.47 bits per heavy atom. The maximum absolute atomic E-state index is 11.9. The van der Waals surface area contributed by atoms with E-state index in [0.29, 0.717) is 17.0 Å². The summed E-state index contributed by atoms with van der Waals surface area (Å²) in [6.45, 7) is 4.91. The molecule has 0 spiro atoms. The van der Waals surface area contributed by atoms with Gasteiger partial charge in [-0.3, -0.25) is 14.2 Å². The lowest BCUT2D eigenvalue weighted by molar-refractivity contribution is -0.136. The highest BCUT2D eigenvalue weighted by Crippen LogP contribution is 2.16. The second-order valence-corrected chi connectivity index (χ2v) is 4.50. The molecule has 7 heteroatoms. The normalized spacial score (nSPS) is 12.2. The highest BCUT2D eigenvalue weighted by Gasteiger charge is 2.18. The molecule has 0 saturated carbocycles. The van der Waals surface area contributed by atoms with Crippen LogP contribution >= 0.6 is 0 Å². The van der Waals surface area contributed by atoms with Crippen LogP contribution in [-0.2, 0) is 16.0 Å². The fraction of sp³-hybridized carbons (Fsp3) is 0.500. The number of aryl methyl sites for hydroxylation is 1. The number of hydrogen-bond donors (Lipinski definition) is 2. The lowest BCUT2D eigenvalue weighted by atomic mass is 10.1. The molecule has 0 aliphatic rings. The van der Waals surface area contributed by atoms with Gasteiger partial charge in [-0.15, -0.1) is 0 Å². The molecule has 19 heavy (non-hydrogen) atoms. The number of carboxylic acid groups (broad SMARTS) is 1. The zero-order valence-corrected chi connectivity index (χ0v) is 11.1. The quantitative estimate of drug-likeness (QED) is 0.774. The third-order valence-electron chi connectivity index (χ3n) is 2.97. The first-order valence-corrected chi connectivity index (χ1v) is 5.82. The van der Waals surface area contributed by atoms with E-state index in [1.165, 1.54) is 4.57 Å². The van der Waals surface area contributed by atoms with E-state index in [2.05, 4.69) is 4.98 Å². The Balaban J connectivity index is 3.36. The van der Waals surface area contributed by atoms with Crippen LogP contribution in [0.5, 0.6) is 0 Å². The molecule has 0 fully saturated rings. The van der Waals surface area contributed by atoms with Gasteiger partial charge < -0.3 is 10.8 Å². The number of primary amides is 1. The van der Waals surface area contributed by atoms with E-state index in [-0.39, 0.29) is 12.8 Å². The van der Waals surface area contributed by atoms with Gasteiger partial charge >= 0.3 is 11.7 Å². The molecule has 0 bridgehead atoms. The molecule has 1 atom stereocenters. The monoisotopic (exact) mass is 267 g/mol. The van der Waals surface area contributed by atoms with E-state index < -0.39 is 23.6 Å². The molecule has 0 radical (unpaired) electrons. The molecule has 0 aliphatic heterocycles. The predicted molar refractivity (Wildman–Crippen MR) is 67.8 cm³/mol. The summed E-state index contributed by atoms with van der Waals surface area (Å²) in [5, 5.41) is 8.87. The molecule has 1 aromatic rings. The Morgan fingerprint density at radius 1 is 1.42 bits per heavy atom. The van der Waals surface area contributed by atoms with Crippen molar-refractivity contribution in [3.05, 3.63) is 27.4 Å². The Morgan fingerprint density at radius 2 is 2.00 bits per heavy atom. The molecule has 3 N–H and O–H groups in total. The van der Waals surface area contributed by atoms with Gasteiger partial charge in [0.25, 0.3) is 0 Å². The molecule has 1 rings (SSSR count). The van der Waals surface area contributed by atoms with E-state index in [1.807, 2.05) is 0 Å². The third kappa shape index (κ3) is 3.40. The highest BCUT2D eigenvalue weighted by molar-refractivity contribution is 5.74. The summed E-state index contributed by atoms with van der Waals surface area (Å²) >= 11 is 0. The van der Waals surface area contributed by atoms with Crippen LogP contribution in [0.3, 0.4) is 0 Å². The summed E-state index contributed by atoms with van der Waals surface area (Å²) in [7, 11) is 0. The number of carbonyl (C=O) groups excluding carboxylic acids is 1. The predicted octanol–water partition coefficient (Wildman–Crippen LogP) is -0.0764. The smallest absolute Gasteiger partial charge is 0.348 e. The average molecular weight is 267 g/mol. The molecule has 1 amide bonds. The van der Waals surface area contributed by atoms with Crippen LogP contribution in [0.2, 0.25) is 0 Å². The van der Waals surface area contributed by atoms with E-state index in [1.54, 1.807) is 20.8 Å². The van der Waals surface area contributed by atoms with Gasteiger partial charge in [0, 0.05) is 29.4 Å². The fourth-order valence-corrected chi connectivity index (χ4v) is 2.12. The van der Waals surface area contributed by atoms with Gasteiger partial charge in [0.1, 0.15) is 0 Å². The van der Waals surface area contributed by atoms with Gasteiger partial charge in [-0.1, -0.05) is 0 Å². The standard InChI is InChI=1S/C12H17N3O4/c1-6(4-10(13)16)15-8(3)9(5-11(17)18)7(2)14-12(15)19/h6H,4-5H2,1-3H3,(H2,13,16)(H,17,18). The average Bonchev–Trinajstić information content (AvgIpc) is 2.22. The lowest BCUT2D eigenvalue weighted by Gasteiger charge is -2.19. The van der Waals surface area contributed by atoms with Crippen molar-refractivity contribution in [3.8, 4) is 0 Å². The van der Waals surface area contributed by atoms with E-state index in [4.69, 9.17) is 10.8 Å². The lowest BCUT2D eigenvalue weighted by Crippen LogP contribution is -2.32. The summed E-state index contributed by atoms with van der Waals surface area (Å²) in [4.78, 5) is 37.4. The summed E-state index contributed by atoms with van der Waals surface area (Å²) in [5.74, 6) is -1.53. The van der Waals surface area contributed by atoms with E-state index in [0.717, 1.165) is 0 Å². The number of aliphatic carboxylic acids is 1. The topological polar surface area (TPSA) is 115 Å². The largest absolute Gasteiger partial charge is 0.481 e. The van der Waals surface area contributed by atoms with Crippen LogP contribution in [0.4, 0.5) is 0 Å². The third-order valence-corrected chi connectivity index (χ3v) is 2.97. The maximum Gasteiger partial charge on any atom is 0.348 e. The maximum atomic E-state index is 11.9. The number of nitrogens with zero attached hydrogens (tertiary/aromatic N) is 2. The van der Waals surface area contributed by atoms with Crippen molar-refractivity contribution in [2.45, 2.75) is 39.7 Å². The van der Waals surface area contributed by atoms with Crippen molar-refractivity contribution in [2.24, 2.45) is 5.73 Å². The van der Waals surface area contributed by atoms with Crippen LogP contribution in [-0.4, -0.2) is 26.5 Å². The number of hydrogen-bond acceptors (Lipinski definition) is 4. The second-order valence-electron chi connectivity index (χ2n) is 4.50. The number of amides is 1. The SMILES string of the molecule is Cc1nc(=O)n(C(C)CC(N)=O)c(C)c1CC(=O)O. The van der Waals surface area contributed by atoms with Crippen molar-refractivity contribution in [2.75, 3.05) is 0 Å². The van der Waals surface area contributed by atoms with E-state index >= 15 is 0 Å². The molecule has 1 heterocycles. The van der Waals surface area contributed by atoms with Crippen molar-refractivity contribution in [3.63, 3.8) is 0 Å². The summed E-state index contributed by atoms with van der Waals surface area (Å²) in [6, 6.07) is -0.453. The summed E-state index contributed by atoms with van der Waals surface area (Å²) in [6.07, 6.45) is -0.216. The van der Waals surface area contributed by atoms with Gasteiger partial charge in [0.2, 0.25) is 5.91 Å². The van der Waals surface area contributed by atoms with Crippen molar-refractivity contribution in [1.29, 1.82) is 0 Å². The number of nitrogens with two attached hydrogens (primary N) is 1. The Kier molecular flexibility index (Phi) is 4.42. The highest BCUT2D eigenvalue weighted by atomic mass is 16.4. The van der Waals surface area contributed by atoms with E-state index in [9.17, 15) is 14.4 Å².